The van der Waals surface area contributed by atoms with Gasteiger partial charge < -0.3 is 5.73 Å². The molecule has 4 heteroatoms. The van der Waals surface area contributed by atoms with Gasteiger partial charge in [-0.2, -0.15) is 16.9 Å². The molecule has 0 saturated carbocycles. The van der Waals surface area contributed by atoms with Gasteiger partial charge in [-0.25, -0.2) is 0 Å². The van der Waals surface area contributed by atoms with Gasteiger partial charge in [-0.05, 0) is 6.07 Å². The summed E-state index contributed by atoms with van der Waals surface area (Å²) < 4.78 is 0. The maximum Gasteiger partial charge on any atom is 0.0490 e. The monoisotopic (exact) mass is 157 g/mol. The van der Waals surface area contributed by atoms with Crippen molar-refractivity contribution < 1.29 is 0 Å². The van der Waals surface area contributed by atoms with Crippen molar-refractivity contribution >= 4 is 11.8 Å². The number of hydrogen-bond acceptors (Lipinski definition) is 3. The average molecular weight is 157 g/mol. The van der Waals surface area contributed by atoms with E-state index in [1.165, 1.54) is 5.69 Å². The maximum atomic E-state index is 5.32. The molecule has 0 aromatic carbocycles. The normalized spacial score (nSPS) is 10.1. The van der Waals surface area contributed by atoms with Crippen LogP contribution in [0.25, 0.3) is 0 Å². The van der Waals surface area contributed by atoms with Gasteiger partial charge in [-0.1, -0.05) is 0 Å². The molecule has 10 heavy (non-hydrogen) atoms. The molecule has 1 rings (SSSR count). The first-order valence-corrected chi connectivity index (χ1v) is 4.35. The Kier molecular flexibility index (Phi) is 3.32. The second-order valence-corrected chi connectivity index (χ2v) is 3.03. The summed E-state index contributed by atoms with van der Waals surface area (Å²) in [6, 6.07) is 1.98. The Morgan fingerprint density at radius 2 is 2.60 bits per heavy atom. The average Bonchev–Trinajstić information content (AvgIpc) is 2.41. The predicted molar refractivity (Wildman–Crippen MR) is 43.8 cm³/mol. The number of aromatic amines is 1. The van der Waals surface area contributed by atoms with E-state index in [4.69, 9.17) is 5.73 Å². The number of hydrogen-bond donors (Lipinski definition) is 2. The summed E-state index contributed by atoms with van der Waals surface area (Å²) in [6.07, 6.45) is 1.76. The molecule has 0 radical (unpaired) electrons. The molecule has 3 nitrogen and oxygen atoms in total. The number of nitrogens with two attached hydrogens (primary N) is 1. The lowest BCUT2D eigenvalue weighted by Crippen LogP contribution is -2.01. The van der Waals surface area contributed by atoms with Crippen LogP contribution in [0, 0.1) is 0 Å². The Bertz CT molecular complexity index is 162. The predicted octanol–water partition coefficient (Wildman–Crippen LogP) is 0.602. The number of nitrogens with one attached hydrogen (secondary N) is 1. The maximum absolute atomic E-state index is 5.32. The molecule has 0 unspecified atom stereocenters. The van der Waals surface area contributed by atoms with Gasteiger partial charge >= 0.3 is 0 Å². The summed E-state index contributed by atoms with van der Waals surface area (Å²) in [5.74, 6) is 2.00. The van der Waals surface area contributed by atoms with E-state index < -0.39 is 0 Å². The van der Waals surface area contributed by atoms with Gasteiger partial charge in [0.2, 0.25) is 0 Å². The molecule has 0 aliphatic carbocycles. The first-order valence-electron chi connectivity index (χ1n) is 3.19. The number of thioether (sulfide) groups is 1. The fourth-order valence-electron chi connectivity index (χ4n) is 0.631. The molecule has 0 atom stereocenters. The van der Waals surface area contributed by atoms with Crippen molar-refractivity contribution in [2.75, 3.05) is 12.3 Å². The highest BCUT2D eigenvalue weighted by atomic mass is 32.2. The van der Waals surface area contributed by atoms with E-state index in [-0.39, 0.29) is 0 Å². The molecular formula is C6H11N3S. The van der Waals surface area contributed by atoms with Crippen LogP contribution in [0.5, 0.6) is 0 Å². The van der Waals surface area contributed by atoms with E-state index in [9.17, 15) is 0 Å². The van der Waals surface area contributed by atoms with Crippen molar-refractivity contribution in [1.29, 1.82) is 0 Å². The quantitative estimate of drug-likeness (QED) is 0.629. The minimum absolute atomic E-state index is 0.749. The highest BCUT2D eigenvalue weighted by molar-refractivity contribution is 7.98. The van der Waals surface area contributed by atoms with Crippen molar-refractivity contribution in [1.82, 2.24) is 10.2 Å². The highest BCUT2D eigenvalue weighted by Gasteiger charge is 1.91. The van der Waals surface area contributed by atoms with Crippen LogP contribution in [0.2, 0.25) is 0 Å². The van der Waals surface area contributed by atoms with Gasteiger partial charge in [0.1, 0.15) is 0 Å². The molecule has 0 saturated heterocycles. The van der Waals surface area contributed by atoms with Crippen LogP contribution in [0.4, 0.5) is 0 Å². The minimum Gasteiger partial charge on any atom is -0.330 e. The summed E-state index contributed by atoms with van der Waals surface area (Å²) in [7, 11) is 0. The number of nitrogens with zero attached hydrogens (tertiary/aromatic N) is 1. The van der Waals surface area contributed by atoms with Crippen LogP contribution in [0.15, 0.2) is 12.3 Å². The van der Waals surface area contributed by atoms with Crippen LogP contribution in [-0.4, -0.2) is 22.5 Å². The van der Waals surface area contributed by atoms with Gasteiger partial charge in [-0.3, -0.25) is 5.10 Å². The molecule has 1 aromatic rings. The molecule has 0 fully saturated rings. The third-order valence-electron chi connectivity index (χ3n) is 1.08. The lowest BCUT2D eigenvalue weighted by Gasteiger charge is -1.94. The molecule has 1 aromatic heterocycles. The summed E-state index contributed by atoms with van der Waals surface area (Å²) in [4.78, 5) is 0. The summed E-state index contributed by atoms with van der Waals surface area (Å²) in [5.41, 5.74) is 6.49. The zero-order valence-electron chi connectivity index (χ0n) is 5.71. The van der Waals surface area contributed by atoms with E-state index in [1.807, 2.05) is 17.8 Å². The van der Waals surface area contributed by atoms with E-state index >= 15 is 0 Å². The zero-order chi connectivity index (χ0) is 7.23. The van der Waals surface area contributed by atoms with Crippen LogP contribution in [-0.2, 0) is 5.75 Å². The molecular weight excluding hydrogens is 146 g/mol. The van der Waals surface area contributed by atoms with Crippen molar-refractivity contribution in [3.63, 3.8) is 0 Å². The third kappa shape index (κ3) is 2.41. The summed E-state index contributed by atoms with van der Waals surface area (Å²) in [5, 5.41) is 6.72. The Morgan fingerprint density at radius 3 is 3.20 bits per heavy atom. The number of H-pyrrole nitrogens is 1. The van der Waals surface area contributed by atoms with Gasteiger partial charge in [0.05, 0.1) is 0 Å². The summed E-state index contributed by atoms with van der Waals surface area (Å²) >= 11 is 1.81. The number of aromatic nitrogens is 2. The topological polar surface area (TPSA) is 54.7 Å². The van der Waals surface area contributed by atoms with Gasteiger partial charge in [0, 0.05) is 29.9 Å². The fourth-order valence-corrected chi connectivity index (χ4v) is 1.32. The molecule has 0 aliphatic rings. The van der Waals surface area contributed by atoms with Crippen LogP contribution in [0.3, 0.4) is 0 Å². The van der Waals surface area contributed by atoms with Crippen LogP contribution in [0.1, 0.15) is 5.69 Å². The first kappa shape index (κ1) is 7.63. The Morgan fingerprint density at radius 1 is 1.70 bits per heavy atom. The molecule has 0 spiro atoms. The van der Waals surface area contributed by atoms with Crippen LogP contribution >= 0.6 is 11.8 Å². The SMILES string of the molecule is NCCSCc1ccn[nH]1. The van der Waals surface area contributed by atoms with E-state index in [0.717, 1.165) is 18.1 Å². The molecule has 56 valence electrons. The lowest BCUT2D eigenvalue weighted by atomic mass is 10.5. The minimum atomic E-state index is 0.749. The first-order chi connectivity index (χ1) is 4.93. The third-order valence-corrected chi connectivity index (χ3v) is 2.12. The molecule has 0 amide bonds. The second-order valence-electron chi connectivity index (χ2n) is 1.92. The zero-order valence-corrected chi connectivity index (χ0v) is 6.53. The van der Waals surface area contributed by atoms with Crippen molar-refractivity contribution in [3.05, 3.63) is 18.0 Å². The highest BCUT2D eigenvalue weighted by Crippen LogP contribution is 2.06. The Hall–Kier alpha value is -0.480. The molecule has 1 heterocycles. The standard InChI is InChI=1S/C6H11N3S/c7-2-4-10-5-6-1-3-8-9-6/h1,3H,2,4-5,7H2,(H,8,9). The Balaban J connectivity index is 2.15. The van der Waals surface area contributed by atoms with Gasteiger partial charge in [-0.15, -0.1) is 0 Å². The van der Waals surface area contributed by atoms with E-state index in [0.29, 0.717) is 0 Å². The van der Waals surface area contributed by atoms with Crippen molar-refractivity contribution in [3.8, 4) is 0 Å². The summed E-state index contributed by atoms with van der Waals surface area (Å²) in [6.45, 7) is 0.749. The molecule has 0 aliphatic heterocycles. The largest absolute Gasteiger partial charge is 0.330 e. The van der Waals surface area contributed by atoms with Crippen molar-refractivity contribution in [2.45, 2.75) is 5.75 Å². The number of rotatable bonds is 4. The van der Waals surface area contributed by atoms with E-state index in [2.05, 4.69) is 10.2 Å². The lowest BCUT2D eigenvalue weighted by molar-refractivity contribution is 1.04. The smallest absolute Gasteiger partial charge is 0.0490 e. The molecule has 3 N–H and O–H groups in total. The second kappa shape index (κ2) is 4.35. The van der Waals surface area contributed by atoms with E-state index in [1.54, 1.807) is 6.20 Å². The molecule has 0 bridgehead atoms. The van der Waals surface area contributed by atoms with Crippen LogP contribution < -0.4 is 5.73 Å². The van der Waals surface area contributed by atoms with Crippen molar-refractivity contribution in [2.24, 2.45) is 5.73 Å². The fraction of sp³-hybridized carbons (Fsp3) is 0.500. The van der Waals surface area contributed by atoms with Gasteiger partial charge in [0.15, 0.2) is 0 Å². The Labute approximate surface area is 64.4 Å². The van der Waals surface area contributed by atoms with Gasteiger partial charge in [0.25, 0.3) is 0 Å².